The van der Waals surface area contributed by atoms with Crippen LogP contribution in [0.1, 0.15) is 36.6 Å². The molecule has 24 heavy (non-hydrogen) atoms. The van der Waals surface area contributed by atoms with Gasteiger partial charge in [-0.2, -0.15) is 0 Å². The summed E-state index contributed by atoms with van der Waals surface area (Å²) in [6, 6.07) is 15.4. The van der Waals surface area contributed by atoms with Crippen molar-refractivity contribution in [3.05, 3.63) is 81.3 Å². The molecule has 0 N–H and O–H groups in total. The van der Waals surface area contributed by atoms with Crippen molar-refractivity contribution in [1.29, 1.82) is 0 Å². The molecule has 0 aromatic heterocycles. The number of hydrogen-bond acceptors (Lipinski definition) is 4. The predicted octanol–water partition coefficient (Wildman–Crippen LogP) is 4.14. The van der Waals surface area contributed by atoms with Crippen LogP contribution in [0.3, 0.4) is 0 Å². The maximum absolute atomic E-state index is 12.9. The Bertz CT molecular complexity index is 1040. The standard InChI is InChI=1S/C19H9BrO4/c20-14-9-13(17(21)10-5-2-1-3-6-10)16-15-11(14)7-4-8-12(15)18(22)24-19(16)23/h1-9H. The molecule has 0 bridgehead atoms. The first-order chi connectivity index (χ1) is 11.6. The molecule has 3 aromatic rings. The zero-order chi connectivity index (χ0) is 16.8. The molecule has 1 heterocycles. The fourth-order valence-corrected chi connectivity index (χ4v) is 3.49. The maximum Gasteiger partial charge on any atom is 0.347 e. The molecule has 0 aliphatic carbocycles. The summed E-state index contributed by atoms with van der Waals surface area (Å²) in [6.45, 7) is 0. The van der Waals surface area contributed by atoms with Gasteiger partial charge < -0.3 is 4.74 Å². The number of ketones is 1. The summed E-state index contributed by atoms with van der Waals surface area (Å²) in [5.41, 5.74) is 1.09. The van der Waals surface area contributed by atoms with Gasteiger partial charge in [0.2, 0.25) is 0 Å². The number of ether oxygens (including phenoxy) is 1. The van der Waals surface area contributed by atoms with E-state index < -0.39 is 11.9 Å². The molecule has 3 aromatic carbocycles. The zero-order valence-corrected chi connectivity index (χ0v) is 13.8. The van der Waals surface area contributed by atoms with Gasteiger partial charge in [-0.15, -0.1) is 0 Å². The van der Waals surface area contributed by atoms with Crippen LogP contribution in [0.2, 0.25) is 0 Å². The second kappa shape index (κ2) is 5.39. The van der Waals surface area contributed by atoms with Crippen molar-refractivity contribution in [2.45, 2.75) is 0 Å². The third kappa shape index (κ3) is 2.09. The molecule has 4 rings (SSSR count). The van der Waals surface area contributed by atoms with Gasteiger partial charge in [-0.1, -0.05) is 58.4 Å². The summed E-state index contributed by atoms with van der Waals surface area (Å²) in [5.74, 6) is -1.79. The van der Waals surface area contributed by atoms with Crippen LogP contribution in [-0.2, 0) is 4.74 Å². The highest BCUT2D eigenvalue weighted by Gasteiger charge is 2.32. The fourth-order valence-electron chi connectivity index (χ4n) is 2.93. The predicted molar refractivity (Wildman–Crippen MR) is 91.3 cm³/mol. The maximum atomic E-state index is 12.9. The molecule has 0 fully saturated rings. The molecule has 116 valence electrons. The Morgan fingerprint density at radius 3 is 2.42 bits per heavy atom. The van der Waals surface area contributed by atoms with Gasteiger partial charge in [0.1, 0.15) is 0 Å². The molecule has 0 unspecified atom stereocenters. The summed E-state index contributed by atoms with van der Waals surface area (Å²) >= 11 is 3.43. The van der Waals surface area contributed by atoms with Crippen molar-refractivity contribution >= 4 is 44.4 Å². The smallest absolute Gasteiger partial charge is 0.347 e. The molecule has 1 aliphatic heterocycles. The van der Waals surface area contributed by atoms with Gasteiger partial charge in [0, 0.05) is 21.0 Å². The van der Waals surface area contributed by atoms with Crippen LogP contribution < -0.4 is 0 Å². The summed E-state index contributed by atoms with van der Waals surface area (Å²) in [4.78, 5) is 37.2. The van der Waals surface area contributed by atoms with Gasteiger partial charge in [-0.05, 0) is 17.5 Å². The van der Waals surface area contributed by atoms with Gasteiger partial charge in [0.05, 0.1) is 11.1 Å². The minimum Gasteiger partial charge on any atom is -0.386 e. The number of hydrogen-bond donors (Lipinski definition) is 0. The Labute approximate surface area is 145 Å². The van der Waals surface area contributed by atoms with Crippen molar-refractivity contribution in [3.8, 4) is 0 Å². The van der Waals surface area contributed by atoms with E-state index in [4.69, 9.17) is 4.74 Å². The molecular weight excluding hydrogens is 372 g/mol. The van der Waals surface area contributed by atoms with E-state index in [-0.39, 0.29) is 22.5 Å². The van der Waals surface area contributed by atoms with Gasteiger partial charge in [0.25, 0.3) is 0 Å². The van der Waals surface area contributed by atoms with Crippen LogP contribution in [-0.4, -0.2) is 17.7 Å². The normalized spacial score (nSPS) is 13.0. The molecule has 0 spiro atoms. The van der Waals surface area contributed by atoms with Crippen LogP contribution in [0, 0.1) is 0 Å². The lowest BCUT2D eigenvalue weighted by Crippen LogP contribution is -2.23. The molecule has 4 nitrogen and oxygen atoms in total. The van der Waals surface area contributed by atoms with Crippen LogP contribution >= 0.6 is 15.9 Å². The van der Waals surface area contributed by atoms with E-state index in [1.807, 2.05) is 6.07 Å². The number of halogens is 1. The van der Waals surface area contributed by atoms with Gasteiger partial charge in [-0.25, -0.2) is 9.59 Å². The highest BCUT2D eigenvalue weighted by molar-refractivity contribution is 9.10. The van der Waals surface area contributed by atoms with E-state index in [1.165, 1.54) is 0 Å². The number of esters is 2. The first-order valence-electron chi connectivity index (χ1n) is 7.19. The highest BCUT2D eigenvalue weighted by Crippen LogP contribution is 2.36. The average molecular weight is 381 g/mol. The van der Waals surface area contributed by atoms with E-state index in [2.05, 4.69) is 15.9 Å². The summed E-state index contributed by atoms with van der Waals surface area (Å²) < 4.78 is 5.47. The topological polar surface area (TPSA) is 60.4 Å². The lowest BCUT2D eigenvalue weighted by Gasteiger charge is -2.19. The van der Waals surface area contributed by atoms with E-state index in [9.17, 15) is 14.4 Å². The fraction of sp³-hybridized carbons (Fsp3) is 0. The lowest BCUT2D eigenvalue weighted by atomic mass is 9.90. The summed E-state index contributed by atoms with van der Waals surface area (Å²) in [6.07, 6.45) is 0. The molecule has 0 saturated heterocycles. The summed E-state index contributed by atoms with van der Waals surface area (Å²) in [7, 11) is 0. The second-order valence-corrected chi connectivity index (χ2v) is 6.24. The molecule has 0 atom stereocenters. The summed E-state index contributed by atoms with van der Waals surface area (Å²) in [5, 5.41) is 1.14. The zero-order valence-electron chi connectivity index (χ0n) is 12.2. The van der Waals surface area contributed by atoms with Crippen LogP contribution in [0.4, 0.5) is 0 Å². The minimum absolute atomic E-state index is 0.136. The highest BCUT2D eigenvalue weighted by atomic mass is 79.9. The molecule has 1 aliphatic rings. The largest absolute Gasteiger partial charge is 0.386 e. The van der Waals surface area contributed by atoms with Crippen molar-refractivity contribution in [1.82, 2.24) is 0 Å². The Balaban J connectivity index is 2.09. The van der Waals surface area contributed by atoms with Gasteiger partial charge >= 0.3 is 11.9 Å². The molecule has 0 amide bonds. The quantitative estimate of drug-likeness (QED) is 0.380. The van der Waals surface area contributed by atoms with Crippen LogP contribution in [0.25, 0.3) is 10.8 Å². The first-order valence-corrected chi connectivity index (χ1v) is 7.98. The average Bonchev–Trinajstić information content (AvgIpc) is 2.60. The Hall–Kier alpha value is -2.79. The third-order valence-electron chi connectivity index (χ3n) is 4.00. The van der Waals surface area contributed by atoms with Gasteiger partial charge in [-0.3, -0.25) is 4.79 Å². The van der Waals surface area contributed by atoms with E-state index in [0.717, 1.165) is 0 Å². The van der Waals surface area contributed by atoms with E-state index >= 15 is 0 Å². The Morgan fingerprint density at radius 2 is 1.67 bits per heavy atom. The SMILES string of the molecule is O=C(c1ccccc1)c1cc(Br)c2cccc3c2c1C(=O)OC3=O. The third-order valence-corrected chi connectivity index (χ3v) is 4.66. The second-order valence-electron chi connectivity index (χ2n) is 5.38. The van der Waals surface area contributed by atoms with Crippen LogP contribution in [0.5, 0.6) is 0 Å². The number of carbonyl (C=O) groups is 3. The Kier molecular flexibility index (Phi) is 3.32. The monoisotopic (exact) mass is 380 g/mol. The lowest BCUT2D eigenvalue weighted by molar-refractivity contribution is 0.0389. The number of cyclic esters (lactones) is 2. The minimum atomic E-state index is -0.796. The van der Waals surface area contributed by atoms with Crippen molar-refractivity contribution in [2.24, 2.45) is 0 Å². The number of rotatable bonds is 2. The molecule has 5 heteroatoms. The number of carbonyl (C=O) groups excluding carboxylic acids is 3. The molecule has 0 saturated carbocycles. The first kappa shape index (κ1) is 14.8. The van der Waals surface area contributed by atoms with Crippen molar-refractivity contribution < 1.29 is 19.1 Å². The van der Waals surface area contributed by atoms with E-state index in [1.54, 1.807) is 48.5 Å². The molecular formula is C19H9BrO4. The van der Waals surface area contributed by atoms with Crippen molar-refractivity contribution in [2.75, 3.05) is 0 Å². The van der Waals surface area contributed by atoms with Gasteiger partial charge in [0.15, 0.2) is 5.78 Å². The van der Waals surface area contributed by atoms with Crippen molar-refractivity contribution in [3.63, 3.8) is 0 Å². The Morgan fingerprint density at radius 1 is 0.917 bits per heavy atom. The molecule has 0 radical (unpaired) electrons. The van der Waals surface area contributed by atoms with E-state index in [0.29, 0.717) is 20.8 Å². The number of benzene rings is 3. The van der Waals surface area contributed by atoms with Crippen LogP contribution in [0.15, 0.2) is 59.1 Å².